The van der Waals surface area contributed by atoms with E-state index in [4.69, 9.17) is 0 Å². The van der Waals surface area contributed by atoms with Gasteiger partial charge in [-0.3, -0.25) is 4.90 Å². The maximum absolute atomic E-state index is 13.5. The third-order valence-electron chi connectivity index (χ3n) is 2.99. The van der Waals surface area contributed by atoms with Gasteiger partial charge in [0.1, 0.15) is 11.6 Å². The monoisotopic (exact) mass is 352 g/mol. The lowest BCUT2D eigenvalue weighted by Gasteiger charge is -2.19. The maximum atomic E-state index is 13.5. The molecule has 24 heavy (non-hydrogen) atoms. The summed E-state index contributed by atoms with van der Waals surface area (Å²) in [5, 5.41) is 5.75. The van der Waals surface area contributed by atoms with Gasteiger partial charge in [-0.1, -0.05) is 0 Å². The molecule has 0 aromatic heterocycles. The Hall–Kier alpha value is -1.90. The molecule has 0 saturated carbocycles. The van der Waals surface area contributed by atoms with E-state index in [2.05, 4.69) is 15.6 Å². The van der Waals surface area contributed by atoms with E-state index in [-0.39, 0.29) is 25.2 Å². The van der Waals surface area contributed by atoms with E-state index < -0.39 is 24.4 Å². The summed E-state index contributed by atoms with van der Waals surface area (Å²) in [7, 11) is 1.36. The smallest absolute Gasteiger partial charge is 0.357 e. The first-order chi connectivity index (χ1) is 11.2. The van der Waals surface area contributed by atoms with Crippen LogP contribution < -0.4 is 10.6 Å². The van der Waals surface area contributed by atoms with E-state index in [1.807, 2.05) is 6.92 Å². The van der Waals surface area contributed by atoms with Crippen LogP contribution in [0.5, 0.6) is 0 Å². The van der Waals surface area contributed by atoms with Crippen LogP contribution in [-0.2, 0) is 6.54 Å². The number of nitrogens with one attached hydrogen (secondary N) is 2. The highest BCUT2D eigenvalue weighted by Crippen LogP contribution is 2.15. The fourth-order valence-electron chi connectivity index (χ4n) is 1.92. The lowest BCUT2D eigenvalue weighted by molar-refractivity contribution is -0.142. The number of likely N-dealkylation sites (N-methyl/N-ethyl adjacent to an activating group) is 1. The summed E-state index contributed by atoms with van der Waals surface area (Å²) < 4.78 is 63.3. The molecule has 4 nitrogen and oxygen atoms in total. The Bertz CT molecular complexity index is 545. The van der Waals surface area contributed by atoms with Crippen molar-refractivity contribution >= 4 is 5.96 Å². The summed E-state index contributed by atoms with van der Waals surface area (Å²) in [6.45, 7) is 1.63. The number of benzene rings is 1. The Morgan fingerprint density at radius 1 is 1.21 bits per heavy atom. The zero-order chi connectivity index (χ0) is 18.2. The Kier molecular flexibility index (Phi) is 7.90. The normalized spacial score (nSPS) is 12.6. The fraction of sp³-hybridized carbons (Fsp3) is 0.533. The molecule has 1 aromatic rings. The molecule has 1 rings (SSSR count). The molecule has 0 aliphatic carbocycles. The Balaban J connectivity index is 2.55. The number of guanidine groups is 1. The number of nitrogens with zero attached hydrogens (tertiary/aromatic N) is 2. The van der Waals surface area contributed by atoms with E-state index in [9.17, 15) is 22.0 Å². The zero-order valence-electron chi connectivity index (χ0n) is 13.6. The lowest BCUT2D eigenvalue weighted by Crippen LogP contribution is -2.42. The molecule has 0 atom stereocenters. The number of rotatable bonds is 7. The molecular formula is C15H21F5N4. The van der Waals surface area contributed by atoms with Crippen LogP contribution in [0.3, 0.4) is 0 Å². The summed E-state index contributed by atoms with van der Waals surface area (Å²) in [5.74, 6) is -0.809. The number of hydrogen-bond acceptors (Lipinski definition) is 2. The SMILES string of the molecule is CCNC(=NCc1cc(F)ccc1F)NCCN(C)CC(F)(F)F. The third-order valence-corrected chi connectivity index (χ3v) is 2.99. The average Bonchev–Trinajstić information content (AvgIpc) is 2.46. The second kappa shape index (κ2) is 9.41. The van der Waals surface area contributed by atoms with Gasteiger partial charge < -0.3 is 10.6 Å². The molecule has 0 aliphatic heterocycles. The summed E-state index contributed by atoms with van der Waals surface area (Å²) in [5.41, 5.74) is 0.0985. The minimum atomic E-state index is -4.25. The van der Waals surface area contributed by atoms with Gasteiger partial charge in [-0.25, -0.2) is 13.8 Å². The Labute approximate surface area is 137 Å². The van der Waals surface area contributed by atoms with E-state index >= 15 is 0 Å². The van der Waals surface area contributed by atoms with Gasteiger partial charge in [-0.05, 0) is 32.2 Å². The molecule has 1 aromatic carbocycles. The summed E-state index contributed by atoms with van der Waals surface area (Å²) >= 11 is 0. The number of hydrogen-bond donors (Lipinski definition) is 2. The molecule has 0 fully saturated rings. The highest BCUT2D eigenvalue weighted by molar-refractivity contribution is 5.79. The van der Waals surface area contributed by atoms with Crippen LogP contribution in [0.15, 0.2) is 23.2 Å². The van der Waals surface area contributed by atoms with Gasteiger partial charge >= 0.3 is 6.18 Å². The van der Waals surface area contributed by atoms with Crippen LogP contribution in [0.4, 0.5) is 22.0 Å². The molecular weight excluding hydrogens is 331 g/mol. The number of halogens is 5. The molecule has 0 saturated heterocycles. The highest BCUT2D eigenvalue weighted by atomic mass is 19.4. The molecule has 0 unspecified atom stereocenters. The van der Waals surface area contributed by atoms with Crippen LogP contribution in [0.1, 0.15) is 12.5 Å². The molecule has 136 valence electrons. The van der Waals surface area contributed by atoms with Crippen molar-refractivity contribution in [3.63, 3.8) is 0 Å². The Morgan fingerprint density at radius 3 is 2.54 bits per heavy atom. The van der Waals surface area contributed by atoms with Crippen molar-refractivity contribution < 1.29 is 22.0 Å². The van der Waals surface area contributed by atoms with Crippen LogP contribution in [0.25, 0.3) is 0 Å². The number of alkyl halides is 3. The number of aliphatic imine (C=N–C) groups is 1. The lowest BCUT2D eigenvalue weighted by atomic mass is 10.2. The quantitative estimate of drug-likeness (QED) is 0.450. The topological polar surface area (TPSA) is 39.7 Å². The van der Waals surface area contributed by atoms with Crippen LogP contribution >= 0.6 is 0 Å². The summed E-state index contributed by atoms with van der Waals surface area (Å²) in [6, 6.07) is 3.09. The predicted molar refractivity (Wildman–Crippen MR) is 82.7 cm³/mol. The van der Waals surface area contributed by atoms with E-state index in [0.717, 1.165) is 23.1 Å². The molecule has 2 N–H and O–H groups in total. The minimum absolute atomic E-state index is 0.0860. The van der Waals surface area contributed by atoms with Crippen molar-refractivity contribution in [3.8, 4) is 0 Å². The van der Waals surface area contributed by atoms with Crippen molar-refractivity contribution in [2.24, 2.45) is 4.99 Å². The van der Waals surface area contributed by atoms with Gasteiger partial charge in [0, 0.05) is 25.2 Å². The summed E-state index contributed by atoms with van der Waals surface area (Å²) in [4.78, 5) is 5.23. The molecule has 0 spiro atoms. The van der Waals surface area contributed by atoms with Gasteiger partial charge in [-0.15, -0.1) is 0 Å². The van der Waals surface area contributed by atoms with Crippen molar-refractivity contribution in [1.29, 1.82) is 0 Å². The molecule has 9 heteroatoms. The van der Waals surface area contributed by atoms with Gasteiger partial charge in [0.15, 0.2) is 5.96 Å². The van der Waals surface area contributed by atoms with Gasteiger partial charge in [0.05, 0.1) is 13.1 Å². The van der Waals surface area contributed by atoms with Gasteiger partial charge in [0.2, 0.25) is 0 Å². The van der Waals surface area contributed by atoms with Crippen LogP contribution in [-0.4, -0.2) is 50.3 Å². The largest absolute Gasteiger partial charge is 0.401 e. The van der Waals surface area contributed by atoms with Crippen molar-refractivity contribution in [1.82, 2.24) is 15.5 Å². The highest BCUT2D eigenvalue weighted by Gasteiger charge is 2.28. The van der Waals surface area contributed by atoms with Gasteiger partial charge in [-0.2, -0.15) is 13.2 Å². The first kappa shape index (κ1) is 20.1. The van der Waals surface area contributed by atoms with E-state index in [1.54, 1.807) is 0 Å². The third kappa shape index (κ3) is 8.09. The fourth-order valence-corrected chi connectivity index (χ4v) is 1.92. The molecule has 0 radical (unpaired) electrons. The minimum Gasteiger partial charge on any atom is -0.357 e. The van der Waals surface area contributed by atoms with Crippen LogP contribution in [0.2, 0.25) is 0 Å². The second-order valence-corrected chi connectivity index (χ2v) is 5.21. The zero-order valence-corrected chi connectivity index (χ0v) is 13.6. The average molecular weight is 352 g/mol. The second-order valence-electron chi connectivity index (χ2n) is 5.21. The standard InChI is InChI=1S/C15H21F5N4/c1-3-21-14(22-6-7-24(2)10-15(18,19)20)23-9-11-8-12(16)4-5-13(11)17/h4-5,8H,3,6-7,9-10H2,1-2H3,(H2,21,22,23). The van der Waals surface area contributed by atoms with Crippen molar-refractivity contribution in [2.75, 3.05) is 33.2 Å². The first-order valence-electron chi connectivity index (χ1n) is 7.42. The first-order valence-corrected chi connectivity index (χ1v) is 7.42. The molecule has 0 aliphatic rings. The molecule has 0 heterocycles. The van der Waals surface area contributed by atoms with Crippen molar-refractivity contribution in [3.05, 3.63) is 35.4 Å². The van der Waals surface area contributed by atoms with Crippen LogP contribution in [0, 0.1) is 11.6 Å². The van der Waals surface area contributed by atoms with Gasteiger partial charge in [0.25, 0.3) is 0 Å². The summed E-state index contributed by atoms with van der Waals surface area (Å²) in [6.07, 6.45) is -4.25. The molecule has 0 bridgehead atoms. The van der Waals surface area contributed by atoms with E-state index in [1.165, 1.54) is 7.05 Å². The molecule has 0 amide bonds. The Morgan fingerprint density at radius 2 is 1.92 bits per heavy atom. The van der Waals surface area contributed by atoms with Crippen molar-refractivity contribution in [2.45, 2.75) is 19.6 Å². The van der Waals surface area contributed by atoms with E-state index in [0.29, 0.717) is 12.5 Å². The maximum Gasteiger partial charge on any atom is 0.401 e. The predicted octanol–water partition coefficient (Wildman–Crippen LogP) is 2.51.